The molecule has 3 rings (SSSR count). The largest absolute Gasteiger partial charge is 0.330 e. The molecule has 1 amide bonds. The van der Waals surface area contributed by atoms with Crippen molar-refractivity contribution < 1.29 is 13.2 Å². The fourth-order valence-electron chi connectivity index (χ4n) is 3.07. The Morgan fingerprint density at radius 2 is 1.76 bits per heavy atom. The molecule has 2 N–H and O–H groups in total. The smallest absolute Gasteiger partial charge is 0.243 e. The van der Waals surface area contributed by atoms with Gasteiger partial charge in [0.15, 0.2) is 4.34 Å². The van der Waals surface area contributed by atoms with Crippen LogP contribution in [0.15, 0.2) is 51.7 Å². The van der Waals surface area contributed by atoms with Gasteiger partial charge in [0.2, 0.25) is 21.1 Å². The molecule has 2 aromatic carbocycles. The molecule has 0 aliphatic heterocycles. The van der Waals surface area contributed by atoms with E-state index in [-0.39, 0.29) is 16.6 Å². The fraction of sp³-hybridized carbons (Fsp3) is 0.318. The highest BCUT2D eigenvalue weighted by molar-refractivity contribution is 8.01. The average molecular weight is 506 g/mol. The zero-order valence-corrected chi connectivity index (χ0v) is 21.4. The Morgan fingerprint density at radius 3 is 2.42 bits per heavy atom. The summed E-state index contributed by atoms with van der Waals surface area (Å²) in [4.78, 5) is 12.5. The second-order valence-electron chi connectivity index (χ2n) is 7.20. The molecule has 0 atom stereocenters. The molecule has 33 heavy (non-hydrogen) atoms. The molecule has 1 heterocycles. The summed E-state index contributed by atoms with van der Waals surface area (Å²) in [6.45, 7) is 8.51. The molecule has 8 nitrogen and oxygen atoms in total. The fourth-order valence-corrected chi connectivity index (χ4v) is 6.09. The Bertz CT molecular complexity index is 1210. The van der Waals surface area contributed by atoms with Crippen molar-refractivity contribution in [2.75, 3.05) is 29.5 Å². The predicted molar refractivity (Wildman–Crippen MR) is 135 cm³/mol. The van der Waals surface area contributed by atoms with Crippen LogP contribution in [0.2, 0.25) is 0 Å². The minimum atomic E-state index is -3.52. The van der Waals surface area contributed by atoms with Crippen molar-refractivity contribution in [2.24, 2.45) is 0 Å². The molecule has 0 radical (unpaired) electrons. The third-order valence-electron chi connectivity index (χ3n) is 5.06. The Hall–Kier alpha value is -2.47. The highest BCUT2D eigenvalue weighted by Gasteiger charge is 2.21. The first kappa shape index (κ1) is 25.2. The third kappa shape index (κ3) is 6.32. The van der Waals surface area contributed by atoms with E-state index in [4.69, 9.17) is 0 Å². The van der Waals surface area contributed by atoms with Crippen LogP contribution in [0.25, 0.3) is 0 Å². The summed E-state index contributed by atoms with van der Waals surface area (Å²) in [7, 11) is -3.52. The SMILES string of the molecule is CCN(CC)S(=O)(=O)c1ccc(NC(=O)CSc2nnc(Nc3cccc(C)c3C)s2)cc1. The van der Waals surface area contributed by atoms with Gasteiger partial charge in [0.1, 0.15) is 0 Å². The van der Waals surface area contributed by atoms with E-state index in [1.807, 2.05) is 19.1 Å². The number of rotatable bonds is 10. The lowest BCUT2D eigenvalue weighted by atomic mass is 10.1. The first-order valence-corrected chi connectivity index (χ1v) is 13.7. The van der Waals surface area contributed by atoms with E-state index in [0.717, 1.165) is 11.3 Å². The van der Waals surface area contributed by atoms with Crippen LogP contribution in [0, 0.1) is 13.8 Å². The highest BCUT2D eigenvalue weighted by Crippen LogP contribution is 2.29. The van der Waals surface area contributed by atoms with E-state index >= 15 is 0 Å². The van der Waals surface area contributed by atoms with Gasteiger partial charge in [0.05, 0.1) is 10.6 Å². The minimum absolute atomic E-state index is 0.164. The van der Waals surface area contributed by atoms with Gasteiger partial charge in [0, 0.05) is 24.5 Å². The van der Waals surface area contributed by atoms with Crippen LogP contribution in [0.5, 0.6) is 0 Å². The normalized spacial score (nSPS) is 11.5. The number of aromatic nitrogens is 2. The molecule has 0 unspecified atom stereocenters. The van der Waals surface area contributed by atoms with E-state index in [1.54, 1.807) is 26.0 Å². The molecular weight excluding hydrogens is 478 g/mol. The van der Waals surface area contributed by atoms with Crippen molar-refractivity contribution in [3.05, 3.63) is 53.6 Å². The van der Waals surface area contributed by atoms with Gasteiger partial charge in [-0.1, -0.05) is 49.1 Å². The number of hydrogen-bond donors (Lipinski definition) is 2. The minimum Gasteiger partial charge on any atom is -0.330 e. The number of carbonyl (C=O) groups excluding carboxylic acids is 1. The number of thioether (sulfide) groups is 1. The van der Waals surface area contributed by atoms with Crippen LogP contribution in [0.1, 0.15) is 25.0 Å². The maximum atomic E-state index is 12.6. The molecular formula is C22H27N5O3S3. The van der Waals surface area contributed by atoms with Crippen LogP contribution in [0.3, 0.4) is 0 Å². The highest BCUT2D eigenvalue weighted by atomic mass is 32.2. The number of aryl methyl sites for hydroxylation is 1. The summed E-state index contributed by atoms with van der Waals surface area (Å²) in [5, 5.41) is 15.0. The Balaban J connectivity index is 1.54. The number of sulfonamides is 1. The number of nitrogens with one attached hydrogen (secondary N) is 2. The van der Waals surface area contributed by atoms with E-state index in [0.29, 0.717) is 28.2 Å². The predicted octanol–water partition coefficient (Wildman–Crippen LogP) is 4.66. The van der Waals surface area contributed by atoms with Gasteiger partial charge in [-0.2, -0.15) is 4.31 Å². The number of carbonyl (C=O) groups is 1. The molecule has 0 bridgehead atoms. The van der Waals surface area contributed by atoms with E-state index in [9.17, 15) is 13.2 Å². The average Bonchev–Trinajstić information content (AvgIpc) is 3.24. The molecule has 11 heteroatoms. The molecule has 0 aliphatic rings. The first-order chi connectivity index (χ1) is 15.7. The van der Waals surface area contributed by atoms with Gasteiger partial charge in [-0.25, -0.2) is 8.42 Å². The van der Waals surface area contributed by atoms with Crippen LogP contribution in [-0.4, -0.2) is 47.7 Å². The van der Waals surface area contributed by atoms with Gasteiger partial charge < -0.3 is 10.6 Å². The van der Waals surface area contributed by atoms with Crippen molar-refractivity contribution in [3.63, 3.8) is 0 Å². The molecule has 0 spiro atoms. The van der Waals surface area contributed by atoms with Gasteiger partial charge in [-0.3, -0.25) is 4.79 Å². The monoisotopic (exact) mass is 505 g/mol. The molecule has 0 fully saturated rings. The Labute approximate surface area is 202 Å². The molecule has 0 saturated heterocycles. The van der Waals surface area contributed by atoms with Gasteiger partial charge in [-0.15, -0.1) is 10.2 Å². The molecule has 0 aliphatic carbocycles. The quantitative estimate of drug-likeness (QED) is 0.386. The van der Waals surface area contributed by atoms with Crippen LogP contribution >= 0.6 is 23.1 Å². The molecule has 176 valence electrons. The number of benzene rings is 2. The van der Waals surface area contributed by atoms with Crippen molar-refractivity contribution in [3.8, 4) is 0 Å². The van der Waals surface area contributed by atoms with Gasteiger partial charge >= 0.3 is 0 Å². The lowest BCUT2D eigenvalue weighted by Gasteiger charge is -2.18. The van der Waals surface area contributed by atoms with Crippen molar-refractivity contribution >= 4 is 55.5 Å². The van der Waals surface area contributed by atoms with Gasteiger partial charge in [-0.05, 0) is 55.3 Å². The zero-order valence-electron chi connectivity index (χ0n) is 19.0. The van der Waals surface area contributed by atoms with Crippen molar-refractivity contribution in [1.82, 2.24) is 14.5 Å². The lowest BCUT2D eigenvalue weighted by Crippen LogP contribution is -2.30. The summed E-state index contributed by atoms with van der Waals surface area (Å²) in [5.41, 5.74) is 3.85. The van der Waals surface area contributed by atoms with Crippen molar-refractivity contribution in [2.45, 2.75) is 36.9 Å². The molecule has 0 saturated carbocycles. The summed E-state index contributed by atoms with van der Waals surface area (Å²) in [6.07, 6.45) is 0. The Kier molecular flexibility index (Phi) is 8.46. The standard InChI is InChI=1S/C22H27N5O3S3/c1-5-27(6-2)33(29,30)18-12-10-17(11-13-18)23-20(28)14-31-22-26-25-21(32-22)24-19-9-7-8-15(3)16(19)4/h7-13H,5-6,14H2,1-4H3,(H,23,28)(H,24,25). The van der Waals surface area contributed by atoms with Crippen LogP contribution in [-0.2, 0) is 14.8 Å². The first-order valence-electron chi connectivity index (χ1n) is 10.4. The number of anilines is 3. The summed E-state index contributed by atoms with van der Waals surface area (Å²) in [6, 6.07) is 12.2. The number of nitrogens with zero attached hydrogens (tertiary/aromatic N) is 3. The van der Waals surface area contributed by atoms with Crippen molar-refractivity contribution in [1.29, 1.82) is 0 Å². The zero-order chi connectivity index (χ0) is 24.0. The Morgan fingerprint density at radius 1 is 1.06 bits per heavy atom. The summed E-state index contributed by atoms with van der Waals surface area (Å²) in [5.74, 6) is -0.0454. The second-order valence-corrected chi connectivity index (χ2v) is 11.3. The summed E-state index contributed by atoms with van der Waals surface area (Å²) >= 11 is 2.67. The van der Waals surface area contributed by atoms with E-state index < -0.39 is 10.0 Å². The molecule has 3 aromatic rings. The molecule has 1 aromatic heterocycles. The van der Waals surface area contributed by atoms with Crippen LogP contribution in [0.4, 0.5) is 16.5 Å². The number of amides is 1. The maximum absolute atomic E-state index is 12.6. The third-order valence-corrected chi connectivity index (χ3v) is 9.10. The van der Waals surface area contributed by atoms with Crippen LogP contribution < -0.4 is 10.6 Å². The summed E-state index contributed by atoms with van der Waals surface area (Å²) < 4.78 is 27.2. The maximum Gasteiger partial charge on any atom is 0.243 e. The number of hydrogen-bond acceptors (Lipinski definition) is 8. The second kappa shape index (κ2) is 11.1. The van der Waals surface area contributed by atoms with Gasteiger partial charge in [0.25, 0.3) is 0 Å². The van der Waals surface area contributed by atoms with E-state index in [2.05, 4.69) is 33.8 Å². The lowest BCUT2D eigenvalue weighted by molar-refractivity contribution is -0.113. The van der Waals surface area contributed by atoms with E-state index in [1.165, 1.54) is 45.1 Å². The topological polar surface area (TPSA) is 104 Å².